The second-order valence-corrected chi connectivity index (χ2v) is 14.3. The maximum Gasteiger partial charge on any atom is 0.164 e. The number of rotatable bonds is 7. The Hall–Kier alpha value is -7.01. The average Bonchev–Trinajstić information content (AvgIpc) is 3.69. The van der Waals surface area contributed by atoms with Gasteiger partial charge >= 0.3 is 0 Å². The lowest BCUT2D eigenvalue weighted by Gasteiger charge is -2.10. The van der Waals surface area contributed by atoms with Gasteiger partial charge in [0, 0.05) is 42.4 Å². The molecule has 0 fully saturated rings. The summed E-state index contributed by atoms with van der Waals surface area (Å²) < 4.78 is 44.8. The minimum absolute atomic E-state index is 0.179. The third-order valence-corrected chi connectivity index (χ3v) is 11.0. The average molecular weight is 725 g/mol. The Labute approximate surface area is 331 Å². The van der Waals surface area contributed by atoms with E-state index in [1.165, 1.54) is 11.3 Å². The van der Waals surface area contributed by atoms with Crippen LogP contribution < -0.4 is 0 Å². The number of aromatic nitrogens is 3. The molecule has 10 rings (SSSR count). The monoisotopic (exact) mass is 724 g/mol. The van der Waals surface area contributed by atoms with E-state index in [4.69, 9.17) is 21.8 Å². The third-order valence-electron chi connectivity index (χ3n) is 9.82. The summed E-state index contributed by atoms with van der Waals surface area (Å²) in [6.45, 7) is 0. The molecule has 0 atom stereocenters. The van der Waals surface area contributed by atoms with E-state index in [1.807, 2.05) is 103 Å². The van der Waals surface area contributed by atoms with Gasteiger partial charge in [0.05, 0.1) is 6.85 Å². The Balaban J connectivity index is 1.16. The number of hydrogen-bond donors (Lipinski definition) is 0. The van der Waals surface area contributed by atoms with Crippen molar-refractivity contribution in [1.82, 2.24) is 15.0 Å². The summed E-state index contributed by atoms with van der Waals surface area (Å²) >= 11 is 1.52. The van der Waals surface area contributed by atoms with Crippen LogP contribution in [0.4, 0.5) is 0 Å². The number of nitrogens with zero attached hydrogens (tertiary/aromatic N) is 3. The van der Waals surface area contributed by atoms with Crippen molar-refractivity contribution in [2.24, 2.45) is 0 Å². The van der Waals surface area contributed by atoms with Crippen LogP contribution >= 0.6 is 11.3 Å². The van der Waals surface area contributed by atoms with Gasteiger partial charge in [-0.25, -0.2) is 15.0 Å². The first-order valence-corrected chi connectivity index (χ1v) is 18.8. The summed E-state index contributed by atoms with van der Waals surface area (Å²) in [4.78, 5) is 15.2. The fraction of sp³-hybridized carbons (Fsp3) is 0. The second kappa shape index (κ2) is 14.1. The van der Waals surface area contributed by atoms with Crippen molar-refractivity contribution in [2.45, 2.75) is 0 Å². The van der Waals surface area contributed by atoms with Gasteiger partial charge in [0.15, 0.2) is 17.5 Å². The van der Waals surface area contributed by atoms with Gasteiger partial charge in [0.1, 0.15) is 0 Å². The molecule has 0 bridgehead atoms. The van der Waals surface area contributed by atoms with E-state index in [9.17, 15) is 0 Å². The van der Waals surface area contributed by atoms with Crippen LogP contribution in [-0.2, 0) is 0 Å². The maximum atomic E-state index is 8.91. The first-order valence-electron chi connectivity index (χ1n) is 20.5. The fourth-order valence-electron chi connectivity index (χ4n) is 7.06. The highest BCUT2D eigenvalue weighted by Crippen LogP contribution is 2.44. The molecule has 258 valence electrons. The Kier molecular flexibility index (Phi) is 7.06. The predicted octanol–water partition coefficient (Wildman–Crippen LogP) is 13.9. The summed E-state index contributed by atoms with van der Waals surface area (Å²) in [5, 5.41) is 1.91. The molecule has 0 saturated carbocycles. The van der Waals surface area contributed by atoms with E-state index in [0.717, 1.165) is 70.2 Å². The molecule has 4 heteroatoms. The van der Waals surface area contributed by atoms with Crippen LogP contribution in [0.15, 0.2) is 200 Å². The molecule has 0 aliphatic heterocycles. The summed E-state index contributed by atoms with van der Waals surface area (Å²) in [7, 11) is 0. The van der Waals surface area contributed by atoms with E-state index < -0.39 is 6.04 Å². The van der Waals surface area contributed by atoms with Gasteiger partial charge in [-0.05, 0) is 63.2 Å². The molecule has 0 amide bonds. The topological polar surface area (TPSA) is 38.7 Å². The van der Waals surface area contributed by atoms with Crippen LogP contribution in [0.5, 0.6) is 0 Å². The quantitative estimate of drug-likeness (QED) is 0.164. The van der Waals surface area contributed by atoms with Gasteiger partial charge in [-0.2, -0.15) is 0 Å². The van der Waals surface area contributed by atoms with Crippen molar-refractivity contribution in [3.05, 3.63) is 200 Å². The van der Waals surface area contributed by atoms with E-state index in [-0.39, 0.29) is 29.7 Å². The number of thiophene rings is 1. The first-order chi connectivity index (χ1) is 29.3. The van der Waals surface area contributed by atoms with Crippen LogP contribution in [0.2, 0.25) is 0 Å². The number of hydrogen-bond acceptors (Lipinski definition) is 4. The van der Waals surface area contributed by atoms with Gasteiger partial charge in [0.25, 0.3) is 0 Å². The standard InChI is InChI=1S/C51H33N3S/c1-5-14-34(15-6-1)37-24-26-39(27-25-37)49-52-50(41-23-13-22-40(30-41)35-16-7-2-8-17-35)54-51(53-49)42-28-29-44-46-32-43(36-18-9-3-10-19-36)31-45(38-20-11-4-12-21-38)48(46)55-47(44)33-42/h1-33H/i4D,11D,12D,20D,21D. The molecular weight excluding hydrogens is 687 g/mol. The molecule has 0 aliphatic carbocycles. The summed E-state index contributed by atoms with van der Waals surface area (Å²) in [5.41, 5.74) is 9.51. The van der Waals surface area contributed by atoms with Crippen LogP contribution in [0.25, 0.3) is 98.8 Å². The molecule has 0 aliphatic rings. The Morgan fingerprint density at radius 3 is 1.49 bits per heavy atom. The molecule has 2 aromatic heterocycles. The van der Waals surface area contributed by atoms with Crippen molar-refractivity contribution < 1.29 is 6.85 Å². The largest absolute Gasteiger partial charge is 0.208 e. The van der Waals surface area contributed by atoms with Crippen molar-refractivity contribution in [1.29, 1.82) is 0 Å². The lowest BCUT2D eigenvalue weighted by Crippen LogP contribution is -2.00. The van der Waals surface area contributed by atoms with Crippen LogP contribution in [0, 0.1) is 0 Å². The van der Waals surface area contributed by atoms with Crippen LogP contribution in [-0.4, -0.2) is 15.0 Å². The van der Waals surface area contributed by atoms with Gasteiger partial charge in [0.2, 0.25) is 0 Å². The van der Waals surface area contributed by atoms with E-state index >= 15 is 0 Å². The van der Waals surface area contributed by atoms with Gasteiger partial charge < -0.3 is 0 Å². The van der Waals surface area contributed by atoms with Crippen molar-refractivity contribution in [2.75, 3.05) is 0 Å². The zero-order chi connectivity index (χ0) is 40.9. The van der Waals surface area contributed by atoms with E-state index in [1.54, 1.807) is 0 Å². The van der Waals surface area contributed by atoms with Crippen molar-refractivity contribution >= 4 is 31.5 Å². The van der Waals surface area contributed by atoms with E-state index in [2.05, 4.69) is 66.7 Å². The number of benzene rings is 8. The molecule has 8 aromatic carbocycles. The molecule has 10 aromatic rings. The fourth-order valence-corrected chi connectivity index (χ4v) is 8.30. The molecule has 0 radical (unpaired) electrons. The highest BCUT2D eigenvalue weighted by molar-refractivity contribution is 7.26. The van der Waals surface area contributed by atoms with Crippen molar-refractivity contribution in [3.8, 4) is 78.7 Å². The van der Waals surface area contributed by atoms with Gasteiger partial charge in [-0.1, -0.05) is 176 Å². The Bertz CT molecular complexity index is 3220. The molecule has 2 heterocycles. The molecule has 55 heavy (non-hydrogen) atoms. The van der Waals surface area contributed by atoms with Crippen molar-refractivity contribution in [3.63, 3.8) is 0 Å². The van der Waals surface area contributed by atoms with Crippen LogP contribution in [0.3, 0.4) is 0 Å². The highest BCUT2D eigenvalue weighted by atomic mass is 32.1. The Morgan fingerprint density at radius 2 is 0.836 bits per heavy atom. The zero-order valence-corrected chi connectivity index (χ0v) is 30.2. The molecule has 0 spiro atoms. The SMILES string of the molecule is [2H]c1c([2H])c([2H])c(-c2cc(-c3ccccc3)cc3c2sc2cc(-c4nc(-c5ccc(-c6ccccc6)cc5)nc(-c5cccc(-c6ccccc6)c5)n4)ccc23)c([2H])c1[2H]. The molecule has 0 unspecified atom stereocenters. The molecule has 0 N–H and O–H groups in total. The van der Waals surface area contributed by atoms with Gasteiger partial charge in [-0.3, -0.25) is 0 Å². The van der Waals surface area contributed by atoms with Crippen LogP contribution in [0.1, 0.15) is 6.85 Å². The normalized spacial score (nSPS) is 12.5. The zero-order valence-electron chi connectivity index (χ0n) is 34.4. The minimum atomic E-state index is -0.416. The third kappa shape index (κ3) is 6.39. The lowest BCUT2D eigenvalue weighted by molar-refractivity contribution is 1.07. The van der Waals surface area contributed by atoms with E-state index in [0.29, 0.717) is 23.0 Å². The smallest absolute Gasteiger partial charge is 0.164 e. The van der Waals surface area contributed by atoms with Gasteiger partial charge in [-0.15, -0.1) is 11.3 Å². The Morgan fingerprint density at radius 1 is 0.345 bits per heavy atom. The molecule has 3 nitrogen and oxygen atoms in total. The number of fused-ring (bicyclic) bond motifs is 3. The summed E-state index contributed by atoms with van der Waals surface area (Å²) in [5.74, 6) is 1.61. The predicted molar refractivity (Wildman–Crippen MR) is 231 cm³/mol. The summed E-state index contributed by atoms with van der Waals surface area (Å²) in [6, 6.07) is 55.5. The highest BCUT2D eigenvalue weighted by Gasteiger charge is 2.17. The molecule has 0 saturated heterocycles. The maximum absolute atomic E-state index is 8.91. The molecular formula is C51H33N3S. The minimum Gasteiger partial charge on any atom is -0.208 e. The second-order valence-electron chi connectivity index (χ2n) is 13.3. The lowest BCUT2D eigenvalue weighted by atomic mass is 9.96. The first kappa shape index (κ1) is 27.6. The summed E-state index contributed by atoms with van der Waals surface area (Å²) in [6.07, 6.45) is 0.